The highest BCUT2D eigenvalue weighted by atomic mass is 16.6. The van der Waals surface area contributed by atoms with E-state index >= 15 is 0 Å². The Bertz CT molecular complexity index is 1440. The molecule has 4 aliphatic rings. The number of allylic oxidation sites excluding steroid dienone is 1. The molecule has 4 aliphatic heterocycles. The van der Waals surface area contributed by atoms with Crippen molar-refractivity contribution in [3.63, 3.8) is 0 Å². The maximum absolute atomic E-state index is 14.9. The monoisotopic (exact) mass is 738 g/mol. The van der Waals surface area contributed by atoms with E-state index in [4.69, 9.17) is 18.9 Å². The molecule has 292 valence electrons. The summed E-state index contributed by atoms with van der Waals surface area (Å²) >= 11 is 0. The molecular formula is C40H58N4O9. The Hall–Kier alpha value is -3.62. The van der Waals surface area contributed by atoms with Gasteiger partial charge in [-0.25, -0.2) is 0 Å². The molecule has 53 heavy (non-hydrogen) atoms. The van der Waals surface area contributed by atoms with Gasteiger partial charge in [0.25, 0.3) is 0 Å². The third-order valence-electron chi connectivity index (χ3n) is 11.5. The summed E-state index contributed by atoms with van der Waals surface area (Å²) in [4.78, 5) is 62.8. The van der Waals surface area contributed by atoms with Crippen LogP contribution in [-0.4, -0.2) is 140 Å². The van der Waals surface area contributed by atoms with Crippen molar-refractivity contribution in [1.82, 2.24) is 20.0 Å². The third kappa shape index (κ3) is 8.54. The summed E-state index contributed by atoms with van der Waals surface area (Å²) < 4.78 is 24.1. The lowest BCUT2D eigenvalue weighted by Gasteiger charge is -2.41. The van der Waals surface area contributed by atoms with Crippen molar-refractivity contribution in [2.45, 2.75) is 81.9 Å². The Morgan fingerprint density at radius 1 is 1.17 bits per heavy atom. The van der Waals surface area contributed by atoms with E-state index < -0.39 is 53.7 Å². The number of carbonyl (C=O) groups excluding carboxylic acids is 4. The van der Waals surface area contributed by atoms with Gasteiger partial charge in [0.2, 0.25) is 17.7 Å². The highest BCUT2D eigenvalue weighted by molar-refractivity contribution is 5.98. The smallest absolute Gasteiger partial charge is 0.313 e. The maximum Gasteiger partial charge on any atom is 0.313 e. The number of hydrogen-bond donors (Lipinski definition) is 2. The second-order valence-corrected chi connectivity index (χ2v) is 14.7. The van der Waals surface area contributed by atoms with Crippen LogP contribution in [0.3, 0.4) is 0 Å². The first-order valence-corrected chi connectivity index (χ1v) is 19.1. The standard InChI is InChI=1S/C40H58N4O9/c1-6-9-15-32(46)41-29(26-50-5)35(28-13-11-10-12-14-28)52-39(49)33-31-16-17-40(53-31)34(33)37(47)44(30(25-45)27(4)8-3)36(40)38(48)43(18-7-2)20-19-42-21-23-51-24-22-42/h6-7,10-14,27,29-31,33-36,45H,1-2,8-9,15-26H2,3-5H3,(H,41,46)/t27-,29+,30-,31-,33+,34+,35+,36-,40+/m0/s1. The summed E-state index contributed by atoms with van der Waals surface area (Å²) in [7, 11) is 1.51. The second kappa shape index (κ2) is 18.6. The maximum atomic E-state index is 14.9. The largest absolute Gasteiger partial charge is 0.455 e. The molecule has 9 atom stereocenters. The van der Waals surface area contributed by atoms with Gasteiger partial charge in [0.15, 0.2) is 0 Å². The molecule has 4 fully saturated rings. The molecule has 3 amide bonds. The number of likely N-dealkylation sites (tertiary alicyclic amines) is 1. The van der Waals surface area contributed by atoms with Crippen molar-refractivity contribution in [2.24, 2.45) is 17.8 Å². The van der Waals surface area contributed by atoms with Crippen molar-refractivity contribution in [2.75, 3.05) is 66.3 Å². The molecule has 0 unspecified atom stereocenters. The SMILES string of the molecule is C=CCCC(=O)N[C@H](COC)[C@H](OC(=O)[C@@H]1[C@@H]2CC[C@]3(O2)[C@H](C(=O)N(CC=C)CCN2CCOCC2)N([C@@H](CO)[C@@H](C)CC)C(=O)[C@@H]13)c1ccccc1. The summed E-state index contributed by atoms with van der Waals surface area (Å²) in [6.45, 7) is 15.3. The normalized spacial score (nSPS) is 27.4. The van der Waals surface area contributed by atoms with Gasteiger partial charge in [0.05, 0.1) is 56.5 Å². The number of amides is 3. The summed E-state index contributed by atoms with van der Waals surface area (Å²) in [5.74, 6) is -3.69. The van der Waals surface area contributed by atoms with E-state index in [0.29, 0.717) is 57.6 Å². The molecule has 1 spiro atoms. The molecule has 13 nitrogen and oxygen atoms in total. The third-order valence-corrected chi connectivity index (χ3v) is 11.5. The molecule has 0 aliphatic carbocycles. The van der Waals surface area contributed by atoms with Crippen LogP contribution in [0.25, 0.3) is 0 Å². The van der Waals surface area contributed by atoms with Gasteiger partial charge in [-0.15, -0.1) is 13.2 Å². The van der Waals surface area contributed by atoms with Gasteiger partial charge in [-0.2, -0.15) is 0 Å². The molecule has 4 heterocycles. The number of benzene rings is 1. The number of fused-ring (bicyclic) bond motifs is 1. The molecule has 0 aromatic heterocycles. The molecule has 4 saturated heterocycles. The van der Waals surface area contributed by atoms with Gasteiger partial charge >= 0.3 is 5.97 Å². The van der Waals surface area contributed by atoms with Crippen LogP contribution in [0.5, 0.6) is 0 Å². The van der Waals surface area contributed by atoms with Gasteiger partial charge in [-0.05, 0) is 30.7 Å². The van der Waals surface area contributed by atoms with Crippen LogP contribution >= 0.6 is 0 Å². The summed E-state index contributed by atoms with van der Waals surface area (Å²) in [6, 6.07) is 6.67. The van der Waals surface area contributed by atoms with Crippen molar-refractivity contribution in [1.29, 1.82) is 0 Å². The first-order valence-electron chi connectivity index (χ1n) is 19.1. The Kier molecular flexibility index (Phi) is 14.2. The van der Waals surface area contributed by atoms with Crippen LogP contribution in [0, 0.1) is 17.8 Å². The zero-order valence-corrected chi connectivity index (χ0v) is 31.5. The summed E-state index contributed by atoms with van der Waals surface area (Å²) in [5, 5.41) is 13.7. The van der Waals surface area contributed by atoms with E-state index in [-0.39, 0.29) is 49.8 Å². The fourth-order valence-electron chi connectivity index (χ4n) is 8.64. The molecule has 0 saturated carbocycles. The molecule has 13 heteroatoms. The quantitative estimate of drug-likeness (QED) is 0.151. The average molecular weight is 739 g/mol. The number of nitrogens with one attached hydrogen (secondary N) is 1. The Labute approximate surface area is 313 Å². The zero-order chi connectivity index (χ0) is 38.1. The lowest BCUT2D eigenvalue weighted by molar-refractivity contribution is -0.164. The Morgan fingerprint density at radius 3 is 2.55 bits per heavy atom. The van der Waals surface area contributed by atoms with Gasteiger partial charge in [-0.3, -0.25) is 24.1 Å². The molecule has 2 N–H and O–H groups in total. The predicted octanol–water partition coefficient (Wildman–Crippen LogP) is 2.50. The number of aliphatic hydroxyl groups is 1. The van der Waals surface area contributed by atoms with Crippen LogP contribution in [0.1, 0.15) is 57.6 Å². The van der Waals surface area contributed by atoms with Crippen LogP contribution in [0.2, 0.25) is 0 Å². The number of morpholine rings is 1. The van der Waals surface area contributed by atoms with Gasteiger partial charge in [0, 0.05) is 46.3 Å². The van der Waals surface area contributed by atoms with Crippen molar-refractivity contribution >= 4 is 23.7 Å². The number of carbonyl (C=O) groups is 4. The first kappa shape index (κ1) is 40.6. The van der Waals surface area contributed by atoms with Gasteiger partial charge < -0.3 is 39.2 Å². The van der Waals surface area contributed by atoms with Crippen molar-refractivity contribution < 1.29 is 43.2 Å². The van der Waals surface area contributed by atoms with E-state index in [9.17, 15) is 24.3 Å². The summed E-state index contributed by atoms with van der Waals surface area (Å²) in [6.07, 6.45) is 3.96. The van der Waals surface area contributed by atoms with Gasteiger partial charge in [-0.1, -0.05) is 62.8 Å². The summed E-state index contributed by atoms with van der Waals surface area (Å²) in [5.41, 5.74) is -0.634. The fraction of sp³-hybridized carbons (Fsp3) is 0.650. The topological polar surface area (TPSA) is 147 Å². The number of esters is 1. The molecule has 1 aromatic carbocycles. The highest BCUT2D eigenvalue weighted by Gasteiger charge is 2.76. The van der Waals surface area contributed by atoms with Crippen LogP contribution in [-0.2, 0) is 38.1 Å². The van der Waals surface area contributed by atoms with Gasteiger partial charge in [0.1, 0.15) is 17.7 Å². The average Bonchev–Trinajstić information content (AvgIpc) is 3.82. The van der Waals surface area contributed by atoms with E-state index in [1.165, 1.54) is 12.0 Å². The lowest BCUT2D eigenvalue weighted by Crippen LogP contribution is -2.60. The number of rotatable bonds is 20. The van der Waals surface area contributed by atoms with E-state index in [2.05, 4.69) is 23.4 Å². The number of aliphatic hydroxyl groups excluding tert-OH is 1. The second-order valence-electron chi connectivity index (χ2n) is 14.7. The Morgan fingerprint density at radius 2 is 1.91 bits per heavy atom. The number of methoxy groups -OCH3 is 1. The van der Waals surface area contributed by atoms with Crippen molar-refractivity contribution in [3.8, 4) is 0 Å². The Balaban J connectivity index is 1.48. The number of nitrogens with zero attached hydrogens (tertiary/aromatic N) is 3. The molecule has 1 aromatic rings. The molecule has 5 rings (SSSR count). The van der Waals surface area contributed by atoms with Crippen molar-refractivity contribution in [3.05, 3.63) is 61.2 Å². The van der Waals surface area contributed by atoms with Crippen LogP contribution in [0.15, 0.2) is 55.6 Å². The van der Waals surface area contributed by atoms with Crippen LogP contribution < -0.4 is 5.32 Å². The van der Waals surface area contributed by atoms with E-state index in [0.717, 1.165) is 13.1 Å². The van der Waals surface area contributed by atoms with E-state index in [1.54, 1.807) is 17.1 Å². The number of ether oxygens (including phenoxy) is 4. The molecule has 0 radical (unpaired) electrons. The molecular weight excluding hydrogens is 680 g/mol. The lowest BCUT2D eigenvalue weighted by atomic mass is 9.70. The molecule has 2 bridgehead atoms. The number of hydrogen-bond acceptors (Lipinski definition) is 10. The minimum absolute atomic E-state index is 0.0601. The predicted molar refractivity (Wildman–Crippen MR) is 197 cm³/mol. The van der Waals surface area contributed by atoms with E-state index in [1.807, 2.05) is 44.2 Å². The minimum atomic E-state index is -1.28. The minimum Gasteiger partial charge on any atom is -0.455 e. The fourth-order valence-corrected chi connectivity index (χ4v) is 8.64. The highest BCUT2D eigenvalue weighted by Crippen LogP contribution is 2.59. The first-order chi connectivity index (χ1) is 25.6. The van der Waals surface area contributed by atoms with Crippen LogP contribution in [0.4, 0.5) is 0 Å². The zero-order valence-electron chi connectivity index (χ0n) is 31.5.